The summed E-state index contributed by atoms with van der Waals surface area (Å²) in [6.45, 7) is 13.7. The van der Waals surface area contributed by atoms with Crippen LogP contribution < -0.4 is 0 Å². The van der Waals surface area contributed by atoms with Gasteiger partial charge in [-0.15, -0.1) is 0 Å². The third-order valence-corrected chi connectivity index (χ3v) is 9.48. The van der Waals surface area contributed by atoms with Crippen LogP contribution in [-0.2, 0) is 0 Å². The van der Waals surface area contributed by atoms with Gasteiger partial charge in [-0.25, -0.2) is 0 Å². The molecule has 0 bridgehead atoms. The fourth-order valence-corrected chi connectivity index (χ4v) is 6.48. The standard InChI is InChI=1S/C31H46F2/c1-20(19-30-24(5)22(3)21(2)23(4)25(30)6)29-16-13-28(14-17-29)12-9-26-7-10-27(11-8-26)15-18-31(32)33/h18-19,26-29H,7-17H2,1-6H3/b20-19+. The molecule has 0 N–H and O–H groups in total. The van der Waals surface area contributed by atoms with Crippen LogP contribution in [0.4, 0.5) is 8.78 Å². The Morgan fingerprint density at radius 3 is 1.58 bits per heavy atom. The van der Waals surface area contributed by atoms with E-state index in [1.165, 1.54) is 84.7 Å². The van der Waals surface area contributed by atoms with Gasteiger partial charge in [-0.05, 0) is 150 Å². The van der Waals surface area contributed by atoms with E-state index in [1.54, 1.807) is 5.57 Å². The number of hydrogen-bond donors (Lipinski definition) is 0. The number of rotatable bonds is 7. The molecular formula is C31H46F2. The molecule has 0 amide bonds. The number of allylic oxidation sites excluding steroid dienone is 2. The van der Waals surface area contributed by atoms with Gasteiger partial charge in [0, 0.05) is 0 Å². The first-order valence-electron chi connectivity index (χ1n) is 13.4. The molecule has 1 aromatic rings. The van der Waals surface area contributed by atoms with E-state index in [1.807, 2.05) is 0 Å². The Morgan fingerprint density at radius 2 is 1.09 bits per heavy atom. The molecule has 0 aliphatic heterocycles. The molecule has 3 rings (SSSR count). The van der Waals surface area contributed by atoms with Gasteiger partial charge >= 0.3 is 0 Å². The normalized spacial score (nSPS) is 26.4. The zero-order chi connectivity index (χ0) is 24.1. The highest BCUT2D eigenvalue weighted by atomic mass is 19.3. The molecule has 2 aliphatic carbocycles. The number of hydrogen-bond acceptors (Lipinski definition) is 0. The third kappa shape index (κ3) is 6.80. The van der Waals surface area contributed by atoms with Gasteiger partial charge in [0.25, 0.3) is 6.08 Å². The quantitative estimate of drug-likeness (QED) is 0.383. The lowest BCUT2D eigenvalue weighted by molar-refractivity contribution is 0.225. The van der Waals surface area contributed by atoms with E-state index in [0.29, 0.717) is 12.3 Å². The predicted molar refractivity (Wildman–Crippen MR) is 139 cm³/mol. The molecule has 1 aromatic carbocycles. The molecule has 2 fully saturated rings. The Morgan fingerprint density at radius 1 is 0.667 bits per heavy atom. The average molecular weight is 457 g/mol. The van der Waals surface area contributed by atoms with Gasteiger partial charge < -0.3 is 0 Å². The summed E-state index contributed by atoms with van der Waals surface area (Å²) in [6.07, 6.45) is 15.6. The molecule has 0 nitrogen and oxygen atoms in total. The summed E-state index contributed by atoms with van der Waals surface area (Å²) in [6, 6.07) is 0. The van der Waals surface area contributed by atoms with Crippen molar-refractivity contribution < 1.29 is 8.78 Å². The van der Waals surface area contributed by atoms with E-state index in [4.69, 9.17) is 0 Å². The Kier molecular flexibility index (Phi) is 9.36. The van der Waals surface area contributed by atoms with Gasteiger partial charge in [0.15, 0.2) is 0 Å². The highest BCUT2D eigenvalue weighted by molar-refractivity contribution is 5.65. The summed E-state index contributed by atoms with van der Waals surface area (Å²) in [4.78, 5) is 0. The fraction of sp³-hybridized carbons (Fsp3) is 0.677. The average Bonchev–Trinajstić information content (AvgIpc) is 2.82. The molecule has 0 aromatic heterocycles. The largest absolute Gasteiger partial charge is 0.266 e. The van der Waals surface area contributed by atoms with Crippen LogP contribution in [-0.4, -0.2) is 0 Å². The lowest BCUT2D eigenvalue weighted by Gasteiger charge is -2.32. The van der Waals surface area contributed by atoms with Gasteiger partial charge in [-0.1, -0.05) is 37.3 Å². The van der Waals surface area contributed by atoms with E-state index in [9.17, 15) is 8.78 Å². The van der Waals surface area contributed by atoms with Crippen molar-refractivity contribution in [3.05, 3.63) is 51.1 Å². The van der Waals surface area contributed by atoms with Crippen molar-refractivity contribution in [3.8, 4) is 0 Å². The number of benzene rings is 1. The molecule has 0 spiro atoms. The smallest absolute Gasteiger partial charge is 0.174 e. The third-order valence-electron chi connectivity index (χ3n) is 9.48. The summed E-state index contributed by atoms with van der Waals surface area (Å²) in [5, 5.41) is 0. The maximum absolute atomic E-state index is 12.3. The minimum absolute atomic E-state index is 0.487. The molecular weight excluding hydrogens is 410 g/mol. The van der Waals surface area contributed by atoms with Gasteiger partial charge in [0.05, 0.1) is 0 Å². The van der Waals surface area contributed by atoms with Crippen LogP contribution >= 0.6 is 0 Å². The van der Waals surface area contributed by atoms with Crippen LogP contribution in [0, 0.1) is 58.3 Å². The predicted octanol–water partition coefficient (Wildman–Crippen LogP) is 10.2. The van der Waals surface area contributed by atoms with Gasteiger partial charge in [0.2, 0.25) is 0 Å². The molecule has 33 heavy (non-hydrogen) atoms. The van der Waals surface area contributed by atoms with Crippen molar-refractivity contribution >= 4 is 6.08 Å². The van der Waals surface area contributed by atoms with Crippen molar-refractivity contribution in [2.45, 2.75) is 112 Å². The van der Waals surface area contributed by atoms with E-state index in [0.717, 1.165) is 36.7 Å². The van der Waals surface area contributed by atoms with Crippen LogP contribution in [0.3, 0.4) is 0 Å². The van der Waals surface area contributed by atoms with Crippen molar-refractivity contribution in [2.75, 3.05) is 0 Å². The Bertz CT molecular complexity index is 826. The van der Waals surface area contributed by atoms with Crippen LogP contribution in [0.1, 0.15) is 111 Å². The fourth-order valence-electron chi connectivity index (χ4n) is 6.48. The van der Waals surface area contributed by atoms with Crippen molar-refractivity contribution in [1.82, 2.24) is 0 Å². The second-order valence-corrected chi connectivity index (χ2v) is 11.3. The summed E-state index contributed by atoms with van der Waals surface area (Å²) in [7, 11) is 0. The summed E-state index contributed by atoms with van der Waals surface area (Å²) in [5.74, 6) is 2.95. The lowest BCUT2D eigenvalue weighted by atomic mass is 9.74. The monoisotopic (exact) mass is 456 g/mol. The van der Waals surface area contributed by atoms with Crippen LogP contribution in [0.2, 0.25) is 0 Å². The number of halogens is 2. The Labute approximate surface area is 201 Å². The summed E-state index contributed by atoms with van der Waals surface area (Å²) < 4.78 is 24.6. The summed E-state index contributed by atoms with van der Waals surface area (Å²) in [5.41, 5.74) is 10.3. The van der Waals surface area contributed by atoms with Gasteiger partial charge in [-0.3, -0.25) is 0 Å². The zero-order valence-corrected chi connectivity index (χ0v) is 22.0. The molecule has 184 valence electrons. The van der Waals surface area contributed by atoms with E-state index in [2.05, 4.69) is 47.6 Å². The van der Waals surface area contributed by atoms with Crippen molar-refractivity contribution in [3.63, 3.8) is 0 Å². The highest BCUT2D eigenvalue weighted by Crippen LogP contribution is 2.40. The topological polar surface area (TPSA) is 0 Å². The van der Waals surface area contributed by atoms with Crippen LogP contribution in [0.25, 0.3) is 6.08 Å². The van der Waals surface area contributed by atoms with Crippen molar-refractivity contribution in [2.24, 2.45) is 23.7 Å². The minimum Gasteiger partial charge on any atom is -0.174 e. The Balaban J connectivity index is 1.46. The highest BCUT2D eigenvalue weighted by Gasteiger charge is 2.25. The lowest BCUT2D eigenvalue weighted by Crippen LogP contribution is -2.18. The molecule has 2 heteroatoms. The maximum Gasteiger partial charge on any atom is 0.266 e. The summed E-state index contributed by atoms with van der Waals surface area (Å²) >= 11 is 0. The molecule has 0 radical (unpaired) electrons. The molecule has 0 unspecified atom stereocenters. The SMILES string of the molecule is C/C(=C\c1c(C)c(C)c(C)c(C)c1C)C1CCC(CCC2CCC(CC=C(F)F)CC2)CC1. The Hall–Kier alpha value is -1.44. The second-order valence-electron chi connectivity index (χ2n) is 11.3. The van der Waals surface area contributed by atoms with Crippen LogP contribution in [0.5, 0.6) is 0 Å². The van der Waals surface area contributed by atoms with Gasteiger partial charge in [-0.2, -0.15) is 8.78 Å². The maximum atomic E-state index is 12.3. The first-order valence-corrected chi connectivity index (χ1v) is 13.4. The first-order chi connectivity index (χ1) is 15.7. The van der Waals surface area contributed by atoms with E-state index in [-0.39, 0.29) is 0 Å². The molecule has 2 aliphatic rings. The molecule has 0 heterocycles. The van der Waals surface area contributed by atoms with Crippen molar-refractivity contribution in [1.29, 1.82) is 0 Å². The second kappa shape index (κ2) is 11.8. The van der Waals surface area contributed by atoms with E-state index >= 15 is 0 Å². The van der Waals surface area contributed by atoms with E-state index < -0.39 is 6.08 Å². The zero-order valence-electron chi connectivity index (χ0n) is 22.0. The molecule has 2 saturated carbocycles. The van der Waals surface area contributed by atoms with Gasteiger partial charge in [0.1, 0.15) is 0 Å². The minimum atomic E-state index is -1.51. The van der Waals surface area contributed by atoms with Crippen LogP contribution in [0.15, 0.2) is 17.7 Å². The molecule has 0 saturated heterocycles. The first kappa shape index (κ1) is 26.2. The molecule has 0 atom stereocenters.